The van der Waals surface area contributed by atoms with Crippen molar-refractivity contribution in [1.82, 2.24) is 10.2 Å². The Kier molecular flexibility index (Phi) is 7.99. The van der Waals surface area contributed by atoms with E-state index < -0.39 is 10.0 Å². The van der Waals surface area contributed by atoms with Crippen LogP contribution in [-0.2, 0) is 10.0 Å². The standard InChI is InChI=1S/C16H25N3O3S.ClH/c1-3-10-23(21,22)18-14-7-4-6-13(11-14)16(20)19-9-5-8-15(12-19)17-2;/h4,6-7,11,15,17-18H,3,5,8-10,12H2,1-2H3;1H. The number of sulfonamides is 1. The number of hydrogen-bond acceptors (Lipinski definition) is 4. The maximum Gasteiger partial charge on any atom is 0.253 e. The highest BCUT2D eigenvalue weighted by molar-refractivity contribution is 7.92. The number of anilines is 1. The lowest BCUT2D eigenvalue weighted by atomic mass is 10.0. The lowest BCUT2D eigenvalue weighted by molar-refractivity contribution is 0.0698. The molecule has 1 atom stereocenters. The fraction of sp³-hybridized carbons (Fsp3) is 0.562. The second-order valence-corrected chi connectivity index (χ2v) is 7.72. The fourth-order valence-corrected chi connectivity index (χ4v) is 3.92. The molecule has 1 aliphatic rings. The molecule has 1 aromatic carbocycles. The Morgan fingerprint density at radius 1 is 1.38 bits per heavy atom. The number of halogens is 1. The second kappa shape index (κ2) is 9.25. The molecule has 2 N–H and O–H groups in total. The third-order valence-corrected chi connectivity index (χ3v) is 5.46. The first-order valence-corrected chi connectivity index (χ1v) is 9.67. The Morgan fingerprint density at radius 3 is 2.79 bits per heavy atom. The van der Waals surface area contributed by atoms with Gasteiger partial charge in [-0.1, -0.05) is 13.0 Å². The van der Waals surface area contributed by atoms with Gasteiger partial charge in [0.25, 0.3) is 5.91 Å². The minimum atomic E-state index is -3.35. The van der Waals surface area contributed by atoms with Gasteiger partial charge in [-0.15, -0.1) is 12.4 Å². The summed E-state index contributed by atoms with van der Waals surface area (Å²) in [5.41, 5.74) is 0.949. The maximum atomic E-state index is 12.6. The SMILES string of the molecule is CCCS(=O)(=O)Nc1cccc(C(=O)N2CCCC(NC)C2)c1.Cl. The maximum absolute atomic E-state index is 12.6. The normalized spacial score (nSPS) is 17.9. The molecule has 1 fully saturated rings. The van der Waals surface area contributed by atoms with E-state index in [0.717, 1.165) is 19.4 Å². The van der Waals surface area contributed by atoms with E-state index in [-0.39, 0.29) is 24.1 Å². The highest BCUT2D eigenvalue weighted by atomic mass is 35.5. The molecule has 6 nitrogen and oxygen atoms in total. The van der Waals surface area contributed by atoms with Crippen LogP contribution in [-0.4, -0.2) is 51.2 Å². The molecule has 0 radical (unpaired) electrons. The van der Waals surface area contributed by atoms with Gasteiger partial charge >= 0.3 is 0 Å². The van der Waals surface area contributed by atoms with Crippen molar-refractivity contribution < 1.29 is 13.2 Å². The molecule has 1 saturated heterocycles. The summed E-state index contributed by atoms with van der Waals surface area (Å²) in [6.45, 7) is 3.23. The Bertz CT molecular complexity index is 652. The largest absolute Gasteiger partial charge is 0.337 e. The molecule has 1 amide bonds. The van der Waals surface area contributed by atoms with Crippen LogP contribution in [0, 0.1) is 0 Å². The third-order valence-electron chi connectivity index (χ3n) is 3.97. The molecule has 24 heavy (non-hydrogen) atoms. The Morgan fingerprint density at radius 2 is 2.12 bits per heavy atom. The van der Waals surface area contributed by atoms with E-state index in [2.05, 4.69) is 10.0 Å². The Balaban J connectivity index is 0.00000288. The van der Waals surface area contributed by atoms with Gasteiger partial charge in [-0.3, -0.25) is 9.52 Å². The summed E-state index contributed by atoms with van der Waals surface area (Å²) in [4.78, 5) is 14.4. The molecular formula is C16H26ClN3O3S. The van der Waals surface area contributed by atoms with Crippen LogP contribution in [0.15, 0.2) is 24.3 Å². The van der Waals surface area contributed by atoms with Crippen LogP contribution in [0.25, 0.3) is 0 Å². The molecule has 0 saturated carbocycles. The molecule has 0 bridgehead atoms. The predicted octanol–water partition coefficient (Wildman–Crippen LogP) is 2.08. The van der Waals surface area contributed by atoms with E-state index in [1.807, 2.05) is 18.9 Å². The Hall–Kier alpha value is -1.31. The van der Waals surface area contributed by atoms with Crippen molar-refractivity contribution in [2.24, 2.45) is 0 Å². The van der Waals surface area contributed by atoms with Crippen LogP contribution in [0.5, 0.6) is 0 Å². The summed E-state index contributed by atoms with van der Waals surface area (Å²) in [5, 5.41) is 3.21. The number of hydrogen-bond donors (Lipinski definition) is 2. The zero-order valence-electron chi connectivity index (χ0n) is 14.1. The van der Waals surface area contributed by atoms with Crippen molar-refractivity contribution in [1.29, 1.82) is 0 Å². The van der Waals surface area contributed by atoms with Gasteiger partial charge in [0, 0.05) is 30.4 Å². The number of likely N-dealkylation sites (N-methyl/N-ethyl adjacent to an activating group) is 1. The van der Waals surface area contributed by atoms with Crippen LogP contribution < -0.4 is 10.0 Å². The molecule has 1 aliphatic heterocycles. The highest BCUT2D eigenvalue weighted by Crippen LogP contribution is 2.17. The van der Waals surface area contributed by atoms with E-state index in [1.54, 1.807) is 24.3 Å². The van der Waals surface area contributed by atoms with Crippen LogP contribution >= 0.6 is 12.4 Å². The first-order valence-electron chi connectivity index (χ1n) is 8.02. The zero-order valence-corrected chi connectivity index (χ0v) is 15.8. The minimum Gasteiger partial charge on any atom is -0.337 e. The topological polar surface area (TPSA) is 78.5 Å². The molecule has 1 unspecified atom stereocenters. The van der Waals surface area contributed by atoms with Crippen LogP contribution in [0.2, 0.25) is 0 Å². The smallest absolute Gasteiger partial charge is 0.253 e. The summed E-state index contributed by atoms with van der Waals surface area (Å²) in [7, 11) is -1.45. The van der Waals surface area contributed by atoms with Gasteiger partial charge in [0.05, 0.1) is 5.75 Å². The van der Waals surface area contributed by atoms with E-state index >= 15 is 0 Å². The van der Waals surface area contributed by atoms with E-state index in [9.17, 15) is 13.2 Å². The van der Waals surface area contributed by atoms with Gasteiger partial charge in [-0.05, 0) is 44.5 Å². The molecule has 1 aromatic rings. The number of carbonyl (C=O) groups is 1. The number of likely N-dealkylation sites (tertiary alicyclic amines) is 1. The minimum absolute atomic E-state index is 0. The zero-order chi connectivity index (χ0) is 16.9. The Labute approximate surface area is 150 Å². The lowest BCUT2D eigenvalue weighted by Gasteiger charge is -2.32. The van der Waals surface area contributed by atoms with Gasteiger partial charge < -0.3 is 10.2 Å². The third kappa shape index (κ3) is 5.65. The van der Waals surface area contributed by atoms with Crippen molar-refractivity contribution >= 4 is 34.0 Å². The number of nitrogens with zero attached hydrogens (tertiary/aromatic N) is 1. The monoisotopic (exact) mass is 375 g/mol. The summed E-state index contributed by atoms with van der Waals surface area (Å²) in [6.07, 6.45) is 2.59. The van der Waals surface area contributed by atoms with Gasteiger partial charge in [0.15, 0.2) is 0 Å². The number of amides is 1. The summed E-state index contributed by atoms with van der Waals surface area (Å²) < 4.78 is 26.2. The molecule has 0 aromatic heterocycles. The van der Waals surface area contributed by atoms with Gasteiger partial charge in [-0.2, -0.15) is 0 Å². The van der Waals surface area contributed by atoms with Crippen molar-refractivity contribution in [3.05, 3.63) is 29.8 Å². The molecule has 8 heteroatoms. The molecule has 2 rings (SSSR count). The van der Waals surface area contributed by atoms with Crippen molar-refractivity contribution in [2.45, 2.75) is 32.2 Å². The fourth-order valence-electron chi connectivity index (χ4n) is 2.79. The number of nitrogens with one attached hydrogen (secondary N) is 2. The summed E-state index contributed by atoms with van der Waals surface area (Å²) >= 11 is 0. The second-order valence-electron chi connectivity index (χ2n) is 5.88. The molecule has 0 aliphatic carbocycles. The summed E-state index contributed by atoms with van der Waals surface area (Å²) in [5.74, 6) is 0.0164. The van der Waals surface area contributed by atoms with Crippen LogP contribution in [0.3, 0.4) is 0 Å². The van der Waals surface area contributed by atoms with E-state index in [4.69, 9.17) is 0 Å². The van der Waals surface area contributed by atoms with Crippen LogP contribution in [0.4, 0.5) is 5.69 Å². The van der Waals surface area contributed by atoms with Crippen molar-refractivity contribution in [3.63, 3.8) is 0 Å². The van der Waals surface area contributed by atoms with Gasteiger partial charge in [0.1, 0.15) is 0 Å². The van der Waals surface area contributed by atoms with E-state index in [0.29, 0.717) is 30.3 Å². The molecule has 0 spiro atoms. The molecular weight excluding hydrogens is 350 g/mol. The van der Waals surface area contributed by atoms with Gasteiger partial charge in [-0.25, -0.2) is 8.42 Å². The molecule has 136 valence electrons. The van der Waals surface area contributed by atoms with E-state index in [1.165, 1.54) is 0 Å². The number of rotatable bonds is 6. The quantitative estimate of drug-likeness (QED) is 0.797. The number of benzene rings is 1. The predicted molar refractivity (Wildman–Crippen MR) is 99.4 cm³/mol. The van der Waals surface area contributed by atoms with Gasteiger partial charge in [0.2, 0.25) is 10.0 Å². The first kappa shape index (κ1) is 20.7. The van der Waals surface area contributed by atoms with Crippen molar-refractivity contribution in [3.8, 4) is 0 Å². The van der Waals surface area contributed by atoms with Crippen molar-refractivity contribution in [2.75, 3.05) is 30.6 Å². The highest BCUT2D eigenvalue weighted by Gasteiger charge is 2.23. The average Bonchev–Trinajstić information content (AvgIpc) is 2.54. The number of piperidine rings is 1. The molecule has 1 heterocycles. The summed E-state index contributed by atoms with van der Waals surface area (Å²) in [6, 6.07) is 7.02. The van der Waals surface area contributed by atoms with Crippen LogP contribution in [0.1, 0.15) is 36.5 Å². The first-order chi connectivity index (χ1) is 10.9. The lowest BCUT2D eigenvalue weighted by Crippen LogP contribution is -2.46. The average molecular weight is 376 g/mol. The number of carbonyl (C=O) groups excluding carboxylic acids is 1.